The van der Waals surface area contributed by atoms with Crippen molar-refractivity contribution in [2.75, 3.05) is 17.2 Å². The molecule has 0 bridgehead atoms. The number of sulfonamides is 1. The first kappa shape index (κ1) is 15.8. The summed E-state index contributed by atoms with van der Waals surface area (Å²) in [6.45, 7) is 4.45. The van der Waals surface area contributed by atoms with Crippen LogP contribution in [-0.4, -0.2) is 30.6 Å². The molecule has 0 aromatic heterocycles. The maximum atomic E-state index is 12.3. The fourth-order valence-electron chi connectivity index (χ4n) is 3.70. The summed E-state index contributed by atoms with van der Waals surface area (Å²) in [5.41, 5.74) is 1.09. The van der Waals surface area contributed by atoms with Gasteiger partial charge in [-0.25, -0.2) is 8.42 Å². The third kappa shape index (κ3) is 1.90. The van der Waals surface area contributed by atoms with Crippen molar-refractivity contribution in [2.45, 2.75) is 28.7 Å². The predicted molar refractivity (Wildman–Crippen MR) is 90.6 cm³/mol. The Labute approximate surface area is 142 Å². The van der Waals surface area contributed by atoms with Crippen molar-refractivity contribution >= 4 is 47.6 Å². The van der Waals surface area contributed by atoms with E-state index in [-0.39, 0.29) is 12.0 Å². The molecule has 7 heteroatoms. The molecule has 3 atom stereocenters. The molecule has 1 aromatic carbocycles. The fourth-order valence-corrected chi connectivity index (χ4v) is 7.27. The summed E-state index contributed by atoms with van der Waals surface area (Å²) in [6.07, 6.45) is 1.25. The highest BCUT2D eigenvalue weighted by Gasteiger charge is 2.81. The Morgan fingerprint density at radius 3 is 2.52 bits per heavy atom. The first-order valence-electron chi connectivity index (χ1n) is 6.80. The molecule has 0 saturated heterocycles. The van der Waals surface area contributed by atoms with Gasteiger partial charge in [0.05, 0.1) is 18.0 Å². The molecule has 1 aromatic rings. The highest BCUT2D eigenvalue weighted by molar-refractivity contribution is 9.25. The number of ether oxygens (including phenoxy) is 1. The lowest BCUT2D eigenvalue weighted by Crippen LogP contribution is -2.45. The molecule has 0 radical (unpaired) electrons. The third-order valence-electron chi connectivity index (χ3n) is 4.36. The van der Waals surface area contributed by atoms with E-state index in [1.807, 2.05) is 38.1 Å². The lowest BCUT2D eigenvalue weighted by Gasteiger charge is -2.37. The van der Waals surface area contributed by atoms with Gasteiger partial charge in [-0.3, -0.25) is 4.31 Å². The predicted octanol–water partition coefficient (Wildman–Crippen LogP) is 3.20. The highest BCUT2D eigenvalue weighted by atomic mass is 79.9. The molecule has 1 aliphatic heterocycles. The number of hydrogen-bond donors (Lipinski definition) is 0. The zero-order valence-electron chi connectivity index (χ0n) is 12.0. The second-order valence-electron chi connectivity index (χ2n) is 5.59. The quantitative estimate of drug-likeness (QED) is 0.680. The van der Waals surface area contributed by atoms with E-state index in [0.29, 0.717) is 12.3 Å². The Kier molecular flexibility index (Phi) is 3.52. The van der Waals surface area contributed by atoms with Crippen molar-refractivity contribution in [3.8, 4) is 0 Å². The first-order valence-corrected chi connectivity index (χ1v) is 10.2. The molecule has 0 N–H and O–H groups in total. The van der Waals surface area contributed by atoms with Crippen LogP contribution in [-0.2, 0) is 20.4 Å². The summed E-state index contributed by atoms with van der Waals surface area (Å²) < 4.78 is 31.7. The first-order chi connectivity index (χ1) is 9.69. The summed E-state index contributed by atoms with van der Waals surface area (Å²) in [5, 5.41) is 0. The zero-order valence-corrected chi connectivity index (χ0v) is 16.0. The number of rotatable bonds is 3. The molecule has 1 heterocycles. The molecular formula is C14H17Br2NO3S. The second kappa shape index (κ2) is 4.69. The van der Waals surface area contributed by atoms with Gasteiger partial charge in [0.15, 0.2) is 0 Å². The van der Waals surface area contributed by atoms with Gasteiger partial charge >= 0.3 is 0 Å². The minimum atomic E-state index is -3.35. The molecule has 1 aliphatic carbocycles. The van der Waals surface area contributed by atoms with Crippen molar-refractivity contribution in [1.29, 1.82) is 0 Å². The van der Waals surface area contributed by atoms with E-state index in [1.54, 1.807) is 0 Å². The summed E-state index contributed by atoms with van der Waals surface area (Å²) in [4.78, 5) is 0. The maximum Gasteiger partial charge on any atom is 0.232 e. The number of nitrogens with zero attached hydrogens (tertiary/aromatic N) is 1. The van der Waals surface area contributed by atoms with Gasteiger partial charge in [-0.2, -0.15) is 0 Å². The third-order valence-corrected chi connectivity index (χ3v) is 7.77. The lowest BCUT2D eigenvalue weighted by molar-refractivity contribution is 0.0214. The maximum absolute atomic E-state index is 12.3. The summed E-state index contributed by atoms with van der Waals surface area (Å²) in [6, 6.07) is 7.38. The molecule has 0 spiro atoms. The van der Waals surface area contributed by atoms with Crippen molar-refractivity contribution in [1.82, 2.24) is 0 Å². The number of hydrogen-bond acceptors (Lipinski definition) is 3. The van der Waals surface area contributed by atoms with Crippen LogP contribution in [0.25, 0.3) is 0 Å². The van der Waals surface area contributed by atoms with Crippen molar-refractivity contribution < 1.29 is 13.2 Å². The number of fused-ring (bicyclic) bond motifs is 3. The number of para-hydroxylation sites is 1. The second-order valence-corrected chi connectivity index (χ2v) is 11.0. The number of benzene rings is 1. The van der Waals surface area contributed by atoms with Crippen LogP contribution in [0.1, 0.15) is 19.4 Å². The van der Waals surface area contributed by atoms with Gasteiger partial charge in [-0.05, 0) is 19.9 Å². The van der Waals surface area contributed by atoms with Crippen LogP contribution in [0, 0.1) is 5.92 Å². The van der Waals surface area contributed by atoms with Crippen LogP contribution >= 0.6 is 31.9 Å². The zero-order chi connectivity index (χ0) is 15.6. The smallest absolute Gasteiger partial charge is 0.232 e. The molecule has 1 fully saturated rings. The molecule has 2 aliphatic rings. The summed E-state index contributed by atoms with van der Waals surface area (Å²) in [7, 11) is -3.35. The van der Waals surface area contributed by atoms with Crippen LogP contribution in [0.4, 0.5) is 5.69 Å². The van der Waals surface area contributed by atoms with Gasteiger partial charge in [-0.1, -0.05) is 50.1 Å². The molecule has 21 heavy (non-hydrogen) atoms. The van der Waals surface area contributed by atoms with E-state index >= 15 is 0 Å². The molecule has 3 unspecified atom stereocenters. The Morgan fingerprint density at radius 2 is 1.95 bits per heavy atom. The fraction of sp³-hybridized carbons (Fsp3) is 0.571. The van der Waals surface area contributed by atoms with Crippen molar-refractivity contribution in [3.63, 3.8) is 0 Å². The Balaban J connectivity index is 2.27. The van der Waals surface area contributed by atoms with Crippen molar-refractivity contribution in [2.24, 2.45) is 5.92 Å². The van der Waals surface area contributed by atoms with E-state index in [0.717, 1.165) is 5.56 Å². The van der Waals surface area contributed by atoms with Gasteiger partial charge in [-0.15, -0.1) is 0 Å². The Hall–Kier alpha value is -0.110. The standard InChI is InChI=1S/C14H17Br2NO3S/c1-4-20-13-10-7-5-6-8-11(10)17(21(3,18)19)9(2)12(13)14(13,15)16/h5-9,12H,4H2,1-3H3. The molecule has 3 rings (SSSR count). The van der Waals surface area contributed by atoms with Crippen LogP contribution in [0.2, 0.25) is 0 Å². The molecule has 1 saturated carbocycles. The van der Waals surface area contributed by atoms with E-state index in [1.165, 1.54) is 10.6 Å². The van der Waals surface area contributed by atoms with Crippen LogP contribution in [0.3, 0.4) is 0 Å². The number of alkyl halides is 2. The Morgan fingerprint density at radius 1 is 1.33 bits per heavy atom. The van der Waals surface area contributed by atoms with Gasteiger partial charge in [0.25, 0.3) is 0 Å². The van der Waals surface area contributed by atoms with Gasteiger partial charge < -0.3 is 4.74 Å². The average Bonchev–Trinajstić information content (AvgIpc) is 2.86. The number of halogens is 2. The Bertz CT molecular complexity index is 691. The molecule has 0 amide bonds. The minimum absolute atomic E-state index is 0.00887. The minimum Gasteiger partial charge on any atom is -0.368 e. The normalized spacial score (nSPS) is 33.3. The van der Waals surface area contributed by atoms with Crippen LogP contribution < -0.4 is 4.31 Å². The van der Waals surface area contributed by atoms with E-state index in [9.17, 15) is 8.42 Å². The lowest BCUT2D eigenvalue weighted by atomic mass is 9.95. The van der Waals surface area contributed by atoms with Crippen LogP contribution in [0.5, 0.6) is 0 Å². The van der Waals surface area contributed by atoms with Crippen molar-refractivity contribution in [3.05, 3.63) is 29.8 Å². The summed E-state index contributed by atoms with van der Waals surface area (Å²) in [5.74, 6) is 0.00887. The van der Waals surface area contributed by atoms with Crippen LogP contribution in [0.15, 0.2) is 24.3 Å². The van der Waals surface area contributed by atoms with E-state index < -0.39 is 18.9 Å². The summed E-state index contributed by atoms with van der Waals surface area (Å²) >= 11 is 7.42. The molecular weight excluding hydrogens is 422 g/mol. The van der Waals surface area contributed by atoms with E-state index in [4.69, 9.17) is 4.74 Å². The average molecular weight is 439 g/mol. The topological polar surface area (TPSA) is 46.6 Å². The molecule has 116 valence electrons. The van der Waals surface area contributed by atoms with Gasteiger partial charge in [0.2, 0.25) is 10.0 Å². The SMILES string of the molecule is CCOC12c3ccccc3N(S(C)(=O)=O)C(C)C1C2(Br)Br. The molecule has 4 nitrogen and oxygen atoms in total. The van der Waals surface area contributed by atoms with Gasteiger partial charge in [0, 0.05) is 18.1 Å². The number of anilines is 1. The largest absolute Gasteiger partial charge is 0.368 e. The highest BCUT2D eigenvalue weighted by Crippen LogP contribution is 2.77. The van der Waals surface area contributed by atoms with E-state index in [2.05, 4.69) is 31.9 Å². The van der Waals surface area contributed by atoms with Gasteiger partial charge in [0.1, 0.15) is 8.83 Å². The monoisotopic (exact) mass is 437 g/mol.